The minimum Gasteiger partial charge on any atom is -0.457 e. The van der Waals surface area contributed by atoms with E-state index < -0.39 is 29.8 Å². The molecule has 0 aromatic heterocycles. The predicted molar refractivity (Wildman–Crippen MR) is 96.8 cm³/mol. The molecule has 2 amide bonds. The third kappa shape index (κ3) is 3.66. The van der Waals surface area contributed by atoms with E-state index >= 15 is 0 Å². The minimum atomic E-state index is -4.40. The van der Waals surface area contributed by atoms with E-state index in [9.17, 15) is 22.8 Å². The van der Waals surface area contributed by atoms with E-state index in [-0.39, 0.29) is 5.92 Å². The summed E-state index contributed by atoms with van der Waals surface area (Å²) in [4.78, 5) is 23.2. The Bertz CT molecular complexity index is 986. The molecule has 1 saturated heterocycles. The van der Waals surface area contributed by atoms with Crippen molar-refractivity contribution in [1.29, 1.82) is 0 Å². The van der Waals surface area contributed by atoms with Gasteiger partial charge in [-0.15, -0.1) is 0 Å². The molecule has 152 valence electrons. The van der Waals surface area contributed by atoms with Crippen LogP contribution in [-0.4, -0.2) is 18.1 Å². The summed E-state index contributed by atoms with van der Waals surface area (Å²) in [6.07, 6.45) is -4.23. The Morgan fingerprint density at radius 1 is 1.17 bits per heavy atom. The van der Waals surface area contributed by atoms with Crippen molar-refractivity contribution >= 4 is 12.0 Å². The number of halogens is 3. The van der Waals surface area contributed by atoms with Gasteiger partial charge in [0.2, 0.25) is 0 Å². The number of hydrogen-bond acceptors (Lipinski definition) is 4. The van der Waals surface area contributed by atoms with Gasteiger partial charge in [-0.2, -0.15) is 13.2 Å². The first kappa shape index (κ1) is 19.3. The molecule has 1 N–H and O–H groups in total. The summed E-state index contributed by atoms with van der Waals surface area (Å²) >= 11 is 0. The van der Waals surface area contributed by atoms with Crippen molar-refractivity contribution in [2.24, 2.45) is 0 Å². The zero-order valence-electron chi connectivity index (χ0n) is 15.5. The van der Waals surface area contributed by atoms with Gasteiger partial charge < -0.3 is 9.47 Å². The van der Waals surface area contributed by atoms with Crippen molar-refractivity contribution in [3.8, 4) is 11.5 Å². The van der Waals surface area contributed by atoms with E-state index in [0.29, 0.717) is 36.3 Å². The highest BCUT2D eigenvalue weighted by molar-refractivity contribution is 6.00. The highest BCUT2D eigenvalue weighted by Crippen LogP contribution is 2.41. The largest absolute Gasteiger partial charge is 0.457 e. The number of nitrogens with one attached hydrogen (secondary N) is 1. The third-order valence-corrected chi connectivity index (χ3v) is 5.32. The first-order chi connectivity index (χ1) is 13.8. The van der Waals surface area contributed by atoms with Crippen LogP contribution in [0.5, 0.6) is 11.5 Å². The molecular formula is C21H18F3NO4. The van der Waals surface area contributed by atoms with Crippen LogP contribution in [0, 0.1) is 0 Å². The lowest BCUT2D eigenvalue weighted by Crippen LogP contribution is -2.28. The highest BCUT2D eigenvalue weighted by atomic mass is 19.4. The monoisotopic (exact) mass is 405 g/mol. The fourth-order valence-corrected chi connectivity index (χ4v) is 3.90. The van der Waals surface area contributed by atoms with Crippen LogP contribution in [-0.2, 0) is 28.5 Å². The maximum Gasteiger partial charge on any atom is 0.416 e. The van der Waals surface area contributed by atoms with Crippen molar-refractivity contribution < 1.29 is 32.2 Å². The Kier molecular flexibility index (Phi) is 4.72. The number of ether oxygens (including phenoxy) is 2. The topological polar surface area (TPSA) is 64.6 Å². The zero-order valence-corrected chi connectivity index (χ0v) is 15.5. The number of rotatable bonds is 4. The van der Waals surface area contributed by atoms with Crippen molar-refractivity contribution in [2.75, 3.05) is 0 Å². The Balaban J connectivity index is 1.56. The molecule has 4 rings (SSSR count). The lowest BCUT2D eigenvalue weighted by molar-refractivity contribution is -0.137. The zero-order chi connectivity index (χ0) is 20.8. The van der Waals surface area contributed by atoms with Gasteiger partial charge in [-0.05, 0) is 66.3 Å². The van der Waals surface area contributed by atoms with Crippen LogP contribution in [0.3, 0.4) is 0 Å². The molecule has 8 heteroatoms. The predicted octanol–water partition coefficient (Wildman–Crippen LogP) is 4.72. The summed E-state index contributed by atoms with van der Waals surface area (Å²) in [5.41, 5.74) is 1.64. The Hall–Kier alpha value is -3.03. The van der Waals surface area contributed by atoms with Crippen LogP contribution in [0.15, 0.2) is 36.4 Å². The molecule has 1 aliphatic carbocycles. The van der Waals surface area contributed by atoms with E-state index in [0.717, 1.165) is 23.3 Å². The average Bonchev–Trinajstić information content (AvgIpc) is 3.22. The Labute approximate surface area is 164 Å². The van der Waals surface area contributed by atoms with Gasteiger partial charge in [0.1, 0.15) is 11.5 Å². The molecule has 2 aliphatic rings. The molecule has 0 saturated carbocycles. The molecule has 2 aromatic rings. The second kappa shape index (κ2) is 7.09. The number of benzene rings is 2. The SMILES string of the molecule is CCc1cc(C(F)(F)F)ccc1Oc1ccc2c(c1)CC[C@H]2[C@H]1OC(=O)NC1=O. The number of imide groups is 1. The number of amides is 2. The molecule has 5 nitrogen and oxygen atoms in total. The van der Waals surface area contributed by atoms with Crippen molar-refractivity contribution in [1.82, 2.24) is 5.32 Å². The van der Waals surface area contributed by atoms with Gasteiger partial charge in [-0.1, -0.05) is 13.0 Å². The molecule has 0 radical (unpaired) electrons. The number of carbonyl (C=O) groups excluding carboxylic acids is 2. The third-order valence-electron chi connectivity index (χ3n) is 5.32. The number of hydrogen-bond donors (Lipinski definition) is 1. The van der Waals surface area contributed by atoms with Gasteiger partial charge in [0, 0.05) is 5.92 Å². The van der Waals surface area contributed by atoms with Crippen molar-refractivity contribution in [3.63, 3.8) is 0 Å². The van der Waals surface area contributed by atoms with Crippen molar-refractivity contribution in [2.45, 2.75) is 44.4 Å². The molecule has 29 heavy (non-hydrogen) atoms. The first-order valence-corrected chi connectivity index (χ1v) is 9.28. The molecule has 2 aromatic carbocycles. The van der Waals surface area contributed by atoms with Crippen LogP contribution in [0.4, 0.5) is 18.0 Å². The molecule has 0 spiro atoms. The maximum absolute atomic E-state index is 12.9. The van der Waals surface area contributed by atoms with E-state index in [1.54, 1.807) is 13.0 Å². The standard InChI is InChI=1S/C21H18F3NO4/c1-2-11-9-13(21(22,23)24)4-8-17(11)28-14-5-7-15-12(10-14)3-6-16(15)18-19(26)25-20(27)29-18/h4-5,7-10,16,18H,2-3,6H2,1H3,(H,25,26,27)/t16-,18-/m1/s1. The van der Waals surface area contributed by atoms with Crippen LogP contribution in [0.2, 0.25) is 0 Å². The summed E-state index contributed by atoms with van der Waals surface area (Å²) in [5, 5.41) is 2.14. The fraction of sp³-hybridized carbons (Fsp3) is 0.333. The Morgan fingerprint density at radius 3 is 2.62 bits per heavy atom. The average molecular weight is 405 g/mol. The fourth-order valence-electron chi connectivity index (χ4n) is 3.90. The molecule has 1 aliphatic heterocycles. The smallest absolute Gasteiger partial charge is 0.416 e. The summed E-state index contributed by atoms with van der Waals surface area (Å²) in [6, 6.07) is 8.79. The van der Waals surface area contributed by atoms with Crippen LogP contribution < -0.4 is 10.1 Å². The van der Waals surface area contributed by atoms with Gasteiger partial charge in [-0.3, -0.25) is 10.1 Å². The lowest BCUT2D eigenvalue weighted by atomic mass is 9.95. The van der Waals surface area contributed by atoms with Crippen molar-refractivity contribution in [3.05, 3.63) is 58.7 Å². The van der Waals surface area contributed by atoms with Gasteiger partial charge in [-0.25, -0.2) is 4.79 Å². The number of alkyl carbamates (subject to hydrolysis) is 1. The minimum absolute atomic E-state index is 0.220. The second-order valence-electron chi connectivity index (χ2n) is 7.10. The lowest BCUT2D eigenvalue weighted by Gasteiger charge is -2.17. The van der Waals surface area contributed by atoms with Gasteiger partial charge in [0.25, 0.3) is 5.91 Å². The van der Waals surface area contributed by atoms with E-state index in [1.807, 2.05) is 12.1 Å². The summed E-state index contributed by atoms with van der Waals surface area (Å²) in [6.45, 7) is 1.77. The molecule has 0 bridgehead atoms. The van der Waals surface area contributed by atoms with E-state index in [2.05, 4.69) is 5.32 Å². The summed E-state index contributed by atoms with van der Waals surface area (Å²) in [5.74, 6) is 0.221. The molecule has 0 unspecified atom stereocenters. The van der Waals surface area contributed by atoms with Crippen LogP contribution in [0.25, 0.3) is 0 Å². The maximum atomic E-state index is 12.9. The molecule has 1 heterocycles. The molecule has 2 atom stereocenters. The highest BCUT2D eigenvalue weighted by Gasteiger charge is 2.42. The number of alkyl halides is 3. The van der Waals surface area contributed by atoms with Gasteiger partial charge in [0.05, 0.1) is 5.56 Å². The van der Waals surface area contributed by atoms with Crippen LogP contribution in [0.1, 0.15) is 41.5 Å². The summed E-state index contributed by atoms with van der Waals surface area (Å²) in [7, 11) is 0. The van der Waals surface area contributed by atoms with E-state index in [4.69, 9.17) is 9.47 Å². The van der Waals surface area contributed by atoms with Gasteiger partial charge >= 0.3 is 12.3 Å². The van der Waals surface area contributed by atoms with Crippen LogP contribution >= 0.6 is 0 Å². The van der Waals surface area contributed by atoms with E-state index in [1.165, 1.54) is 6.07 Å². The quantitative estimate of drug-likeness (QED) is 0.799. The first-order valence-electron chi connectivity index (χ1n) is 9.28. The second-order valence-corrected chi connectivity index (χ2v) is 7.10. The van der Waals surface area contributed by atoms with Gasteiger partial charge in [0.15, 0.2) is 6.10 Å². The number of cyclic esters (lactones) is 1. The normalized spacial score (nSPS) is 21.0. The Morgan fingerprint density at radius 2 is 1.97 bits per heavy atom. The molecule has 1 fully saturated rings. The molecular weight excluding hydrogens is 387 g/mol. The number of fused-ring (bicyclic) bond motifs is 1. The number of carbonyl (C=O) groups is 2. The number of aryl methyl sites for hydroxylation is 2. The summed E-state index contributed by atoms with van der Waals surface area (Å²) < 4.78 is 49.7.